The van der Waals surface area contributed by atoms with Gasteiger partial charge in [0.1, 0.15) is 0 Å². The fourth-order valence-corrected chi connectivity index (χ4v) is 4.62. The summed E-state index contributed by atoms with van der Waals surface area (Å²) in [6, 6.07) is 13.8. The number of benzene rings is 1. The summed E-state index contributed by atoms with van der Waals surface area (Å²) in [7, 11) is 0. The molecule has 3 aromatic rings. The van der Waals surface area contributed by atoms with Gasteiger partial charge in [0.15, 0.2) is 11.3 Å². The molecule has 1 aliphatic heterocycles. The highest BCUT2D eigenvalue weighted by molar-refractivity contribution is 6.04. The van der Waals surface area contributed by atoms with Crippen LogP contribution in [0, 0.1) is 5.92 Å². The van der Waals surface area contributed by atoms with Gasteiger partial charge in [-0.3, -0.25) is 4.79 Å². The Labute approximate surface area is 168 Å². The van der Waals surface area contributed by atoms with E-state index in [4.69, 9.17) is 4.74 Å². The van der Waals surface area contributed by atoms with Crippen molar-refractivity contribution in [2.24, 2.45) is 5.92 Å². The van der Waals surface area contributed by atoms with Gasteiger partial charge in [0.2, 0.25) is 0 Å². The summed E-state index contributed by atoms with van der Waals surface area (Å²) < 4.78 is 7.69. The number of aliphatic hydroxyl groups excluding tert-OH is 1. The molecular weight excluding hydrogens is 368 g/mol. The second-order valence-corrected chi connectivity index (χ2v) is 7.86. The number of aromatic nitrogens is 3. The Bertz CT molecular complexity index is 1020. The molecule has 0 unspecified atom stereocenters. The van der Waals surface area contributed by atoms with E-state index in [1.54, 1.807) is 10.9 Å². The normalized spacial score (nSPS) is 24.0. The van der Waals surface area contributed by atoms with Crippen LogP contribution >= 0.6 is 0 Å². The fourth-order valence-electron chi connectivity index (χ4n) is 4.62. The smallest absolute Gasteiger partial charge is 0.275 e. The maximum atomic E-state index is 13.5. The summed E-state index contributed by atoms with van der Waals surface area (Å²) >= 11 is 0. The minimum atomic E-state index is -0.0771. The predicted octanol–water partition coefficient (Wildman–Crippen LogP) is 2.09. The number of morpholine rings is 1. The number of hydrogen-bond donors (Lipinski definition) is 1. The van der Waals surface area contributed by atoms with E-state index in [2.05, 4.69) is 10.1 Å². The summed E-state index contributed by atoms with van der Waals surface area (Å²) in [6.07, 6.45) is 3.30. The van der Waals surface area contributed by atoms with Crippen LogP contribution in [0.25, 0.3) is 11.0 Å². The first-order valence-corrected chi connectivity index (χ1v) is 10.1. The summed E-state index contributed by atoms with van der Waals surface area (Å²) in [5.41, 5.74) is 2.26. The Morgan fingerprint density at radius 1 is 1.17 bits per heavy atom. The van der Waals surface area contributed by atoms with Crippen LogP contribution < -0.4 is 0 Å². The molecule has 7 heteroatoms. The van der Waals surface area contributed by atoms with Gasteiger partial charge >= 0.3 is 0 Å². The molecule has 0 spiro atoms. The second kappa shape index (κ2) is 7.57. The number of nitrogens with zero attached hydrogens (tertiary/aromatic N) is 4. The Kier molecular flexibility index (Phi) is 4.77. The first-order chi connectivity index (χ1) is 14.2. The van der Waals surface area contributed by atoms with E-state index >= 15 is 0 Å². The van der Waals surface area contributed by atoms with Crippen LogP contribution in [0.3, 0.4) is 0 Å². The first kappa shape index (κ1) is 18.3. The third-order valence-corrected chi connectivity index (χ3v) is 6.04. The SMILES string of the molecule is O=C(c1nn(Cc2ccccc2)c2ncccc12)N1CCO[C@H]2C[C@H](CO)C[C@@H]21. The minimum absolute atomic E-state index is 0.000560. The topological polar surface area (TPSA) is 80.5 Å². The van der Waals surface area contributed by atoms with Gasteiger partial charge in [-0.15, -0.1) is 0 Å². The Hall–Kier alpha value is -2.77. The van der Waals surface area contributed by atoms with Crippen LogP contribution in [0.4, 0.5) is 0 Å². The molecule has 1 aromatic carbocycles. The average molecular weight is 392 g/mol. The lowest BCUT2D eigenvalue weighted by molar-refractivity contribution is -0.0450. The highest BCUT2D eigenvalue weighted by Gasteiger charge is 2.43. The molecule has 1 aliphatic carbocycles. The molecule has 29 heavy (non-hydrogen) atoms. The van der Waals surface area contributed by atoms with E-state index in [9.17, 15) is 9.90 Å². The van der Waals surface area contributed by atoms with Gasteiger partial charge in [0.25, 0.3) is 5.91 Å². The number of ether oxygens (including phenoxy) is 1. The Morgan fingerprint density at radius 2 is 2.03 bits per heavy atom. The molecule has 2 aromatic heterocycles. The van der Waals surface area contributed by atoms with Crippen molar-refractivity contribution in [3.8, 4) is 0 Å². The van der Waals surface area contributed by atoms with Crippen LogP contribution in [0.2, 0.25) is 0 Å². The van der Waals surface area contributed by atoms with E-state index in [0.717, 1.165) is 23.8 Å². The fraction of sp³-hybridized carbons (Fsp3) is 0.409. The van der Waals surface area contributed by atoms with E-state index in [1.165, 1.54) is 0 Å². The van der Waals surface area contributed by atoms with Crippen LogP contribution in [0.5, 0.6) is 0 Å². The van der Waals surface area contributed by atoms with Crippen molar-refractivity contribution >= 4 is 16.9 Å². The lowest BCUT2D eigenvalue weighted by atomic mass is 10.1. The van der Waals surface area contributed by atoms with Crippen molar-refractivity contribution in [2.75, 3.05) is 19.8 Å². The summed E-state index contributed by atoms with van der Waals surface area (Å²) in [4.78, 5) is 19.9. The molecule has 0 bridgehead atoms. The highest BCUT2D eigenvalue weighted by atomic mass is 16.5. The van der Waals surface area contributed by atoms with Crippen molar-refractivity contribution in [3.63, 3.8) is 0 Å². The standard InChI is InChI=1S/C22H24N4O3/c27-14-16-11-18-19(12-16)29-10-9-25(18)22(28)20-17-7-4-8-23-21(17)26(24-20)13-15-5-2-1-3-6-15/h1-8,16,18-19,27H,9-14H2/t16-,18+,19+/m1/s1. The summed E-state index contributed by atoms with van der Waals surface area (Å²) in [6.45, 7) is 1.76. The maximum Gasteiger partial charge on any atom is 0.275 e. The maximum absolute atomic E-state index is 13.5. The number of carbonyl (C=O) groups is 1. The first-order valence-electron chi connectivity index (χ1n) is 10.1. The van der Waals surface area contributed by atoms with Gasteiger partial charge in [-0.1, -0.05) is 30.3 Å². The zero-order chi connectivity index (χ0) is 19.8. The predicted molar refractivity (Wildman–Crippen MR) is 107 cm³/mol. The van der Waals surface area contributed by atoms with Crippen molar-refractivity contribution in [2.45, 2.75) is 31.5 Å². The van der Waals surface area contributed by atoms with E-state index < -0.39 is 0 Å². The quantitative estimate of drug-likeness (QED) is 0.735. The van der Waals surface area contributed by atoms with Gasteiger partial charge in [-0.05, 0) is 36.5 Å². The van der Waals surface area contributed by atoms with Crippen LogP contribution in [0.15, 0.2) is 48.7 Å². The van der Waals surface area contributed by atoms with Crippen LogP contribution in [-0.4, -0.2) is 62.6 Å². The highest BCUT2D eigenvalue weighted by Crippen LogP contribution is 2.35. The van der Waals surface area contributed by atoms with Gasteiger partial charge in [0, 0.05) is 19.3 Å². The number of fused-ring (bicyclic) bond motifs is 2. The van der Waals surface area contributed by atoms with Gasteiger partial charge in [-0.2, -0.15) is 5.10 Å². The lowest BCUT2D eigenvalue weighted by Crippen LogP contribution is -2.51. The number of pyridine rings is 1. The number of carbonyl (C=O) groups excluding carboxylic acids is 1. The molecule has 0 radical (unpaired) electrons. The van der Waals surface area contributed by atoms with Crippen molar-refractivity contribution in [3.05, 3.63) is 59.9 Å². The number of aliphatic hydroxyl groups is 1. The molecule has 5 rings (SSSR count). The molecule has 1 amide bonds. The number of hydrogen-bond acceptors (Lipinski definition) is 5. The second-order valence-electron chi connectivity index (χ2n) is 7.86. The van der Waals surface area contributed by atoms with Crippen LogP contribution in [-0.2, 0) is 11.3 Å². The van der Waals surface area contributed by atoms with E-state index in [1.807, 2.05) is 47.4 Å². The summed E-state index contributed by atoms with van der Waals surface area (Å²) in [5, 5.41) is 15.0. The molecule has 1 saturated carbocycles. The third-order valence-electron chi connectivity index (χ3n) is 6.04. The zero-order valence-corrected chi connectivity index (χ0v) is 16.1. The lowest BCUT2D eigenvalue weighted by Gasteiger charge is -2.37. The van der Waals surface area contributed by atoms with Gasteiger partial charge in [-0.25, -0.2) is 9.67 Å². The van der Waals surface area contributed by atoms with Gasteiger partial charge in [0.05, 0.1) is 30.7 Å². The molecule has 2 fully saturated rings. The molecular formula is C22H24N4O3. The molecule has 2 aliphatic rings. The molecule has 150 valence electrons. The largest absolute Gasteiger partial charge is 0.396 e. The van der Waals surface area contributed by atoms with Crippen molar-refractivity contribution in [1.82, 2.24) is 19.7 Å². The third kappa shape index (κ3) is 3.30. The van der Waals surface area contributed by atoms with E-state index in [-0.39, 0.29) is 30.6 Å². The van der Waals surface area contributed by atoms with Gasteiger partial charge < -0.3 is 14.7 Å². The molecule has 1 saturated heterocycles. The van der Waals surface area contributed by atoms with Crippen LogP contribution in [0.1, 0.15) is 28.9 Å². The van der Waals surface area contributed by atoms with Crippen molar-refractivity contribution < 1.29 is 14.6 Å². The van der Waals surface area contributed by atoms with Crippen molar-refractivity contribution in [1.29, 1.82) is 0 Å². The number of rotatable bonds is 4. The summed E-state index contributed by atoms with van der Waals surface area (Å²) in [5.74, 6) is 0.110. The Morgan fingerprint density at radius 3 is 2.86 bits per heavy atom. The monoisotopic (exact) mass is 392 g/mol. The molecule has 3 heterocycles. The Balaban J connectivity index is 1.49. The molecule has 1 N–H and O–H groups in total. The number of amides is 1. The zero-order valence-electron chi connectivity index (χ0n) is 16.1. The molecule has 7 nitrogen and oxygen atoms in total. The minimum Gasteiger partial charge on any atom is -0.396 e. The average Bonchev–Trinajstić information content (AvgIpc) is 3.35. The van der Waals surface area contributed by atoms with E-state index in [0.29, 0.717) is 31.0 Å². The molecule has 3 atom stereocenters.